The Kier molecular flexibility index (Phi) is 3.55. The molecule has 0 bridgehead atoms. The number of halogens is 1. The predicted octanol–water partition coefficient (Wildman–Crippen LogP) is 0.863. The lowest BCUT2D eigenvalue weighted by molar-refractivity contribution is 0.584. The smallest absolute Gasteiger partial charge is 0.212 e. The molecule has 0 unspecified atom stereocenters. The van der Waals surface area contributed by atoms with Crippen LogP contribution in [0.5, 0.6) is 0 Å². The van der Waals surface area contributed by atoms with Crippen molar-refractivity contribution < 1.29 is 8.42 Å². The third-order valence-electron chi connectivity index (χ3n) is 1.62. The first-order valence-corrected chi connectivity index (χ1v) is 5.94. The number of nitrogens with one attached hydrogen (secondary N) is 1. The second-order valence-corrected chi connectivity index (χ2v) is 5.07. The minimum Gasteiger partial charge on any atom is -0.212 e. The number of hydrogen-bond acceptors (Lipinski definition) is 2. The summed E-state index contributed by atoms with van der Waals surface area (Å²) in [7, 11) is -3.01. The lowest BCUT2D eigenvalue weighted by atomic mass is 10.5. The molecule has 70 valence electrons. The average molecular weight is 210 g/mol. The van der Waals surface area contributed by atoms with Gasteiger partial charge >= 0.3 is 0 Å². The molecule has 0 atom stereocenters. The summed E-state index contributed by atoms with van der Waals surface area (Å²) in [5.41, 5.74) is 0. The highest BCUT2D eigenvalue weighted by atomic mass is 35.5. The molecule has 0 heterocycles. The van der Waals surface area contributed by atoms with Gasteiger partial charge in [-0.3, -0.25) is 0 Å². The molecule has 0 spiro atoms. The summed E-state index contributed by atoms with van der Waals surface area (Å²) in [6.07, 6.45) is 5.03. The normalized spacial score (nSPS) is 18.8. The van der Waals surface area contributed by atoms with Gasteiger partial charge in [-0.1, -0.05) is 12.2 Å². The number of sulfonamides is 1. The van der Waals surface area contributed by atoms with Crippen molar-refractivity contribution in [1.82, 2.24) is 4.72 Å². The fourth-order valence-corrected chi connectivity index (χ4v) is 2.25. The van der Waals surface area contributed by atoms with Gasteiger partial charge in [0, 0.05) is 12.4 Å². The summed E-state index contributed by atoms with van der Waals surface area (Å²) in [5, 5.41) is -0.137. The van der Waals surface area contributed by atoms with Gasteiger partial charge in [-0.25, -0.2) is 13.1 Å². The maximum Gasteiger partial charge on any atom is 0.214 e. The maximum absolute atomic E-state index is 11.2. The zero-order valence-electron chi connectivity index (χ0n) is 6.66. The highest BCUT2D eigenvalue weighted by molar-refractivity contribution is 7.90. The minimum absolute atomic E-state index is 0.137. The van der Waals surface area contributed by atoms with Crippen molar-refractivity contribution in [3.8, 4) is 0 Å². The monoisotopic (exact) mass is 209 g/mol. The third-order valence-corrected chi connectivity index (χ3v) is 3.72. The van der Waals surface area contributed by atoms with Gasteiger partial charge in [0.15, 0.2) is 0 Å². The van der Waals surface area contributed by atoms with Gasteiger partial charge in [0.2, 0.25) is 10.0 Å². The molecule has 1 fully saturated rings. The van der Waals surface area contributed by atoms with Crippen LogP contribution in [0.4, 0.5) is 0 Å². The van der Waals surface area contributed by atoms with Crippen LogP contribution in [0.1, 0.15) is 12.8 Å². The fraction of sp³-hybridized carbons (Fsp3) is 0.714. The minimum atomic E-state index is -3.01. The third kappa shape index (κ3) is 3.13. The van der Waals surface area contributed by atoms with Gasteiger partial charge in [-0.2, -0.15) is 0 Å². The molecule has 0 aliphatic heterocycles. The van der Waals surface area contributed by atoms with Crippen LogP contribution in [0.2, 0.25) is 0 Å². The summed E-state index contributed by atoms with van der Waals surface area (Å²) in [5.74, 6) is 0.422. The van der Waals surface area contributed by atoms with Crippen LogP contribution in [-0.4, -0.2) is 26.1 Å². The molecule has 0 aromatic carbocycles. The molecule has 0 aromatic rings. The van der Waals surface area contributed by atoms with Gasteiger partial charge in [-0.15, -0.1) is 11.6 Å². The van der Waals surface area contributed by atoms with Crippen molar-refractivity contribution in [3.63, 3.8) is 0 Å². The molecule has 0 aromatic heterocycles. The highest BCUT2D eigenvalue weighted by Gasteiger charge is 2.34. The lowest BCUT2D eigenvalue weighted by Crippen LogP contribution is -2.27. The molecule has 0 radical (unpaired) electrons. The Morgan fingerprint density at radius 1 is 1.42 bits per heavy atom. The van der Waals surface area contributed by atoms with E-state index in [0.717, 1.165) is 12.8 Å². The quantitative estimate of drug-likeness (QED) is 0.540. The van der Waals surface area contributed by atoms with E-state index >= 15 is 0 Å². The van der Waals surface area contributed by atoms with E-state index in [1.165, 1.54) is 0 Å². The predicted molar refractivity (Wildman–Crippen MR) is 49.8 cm³/mol. The molecule has 1 aliphatic carbocycles. The molecule has 1 rings (SSSR count). The van der Waals surface area contributed by atoms with E-state index in [2.05, 4.69) is 4.72 Å². The molecular weight excluding hydrogens is 198 g/mol. The van der Waals surface area contributed by atoms with E-state index < -0.39 is 10.0 Å². The number of allylic oxidation sites excluding steroid dienone is 1. The average Bonchev–Trinajstić information content (AvgIpc) is 2.80. The van der Waals surface area contributed by atoms with Crippen molar-refractivity contribution in [1.29, 1.82) is 0 Å². The SMILES string of the molecule is O=S(=O)(NC/C=C/CCl)C1CC1. The molecule has 3 nitrogen and oxygen atoms in total. The first kappa shape index (κ1) is 10.0. The second-order valence-electron chi connectivity index (χ2n) is 2.72. The molecule has 5 heteroatoms. The number of rotatable bonds is 5. The zero-order chi connectivity index (χ0) is 9.03. The van der Waals surface area contributed by atoms with Gasteiger partial charge in [0.1, 0.15) is 0 Å². The van der Waals surface area contributed by atoms with Gasteiger partial charge in [0.25, 0.3) is 0 Å². The van der Waals surface area contributed by atoms with Crippen molar-refractivity contribution in [2.45, 2.75) is 18.1 Å². The van der Waals surface area contributed by atoms with Crippen LogP contribution in [0.25, 0.3) is 0 Å². The largest absolute Gasteiger partial charge is 0.214 e. The molecule has 1 N–H and O–H groups in total. The maximum atomic E-state index is 11.2. The Balaban J connectivity index is 2.26. The molecule has 0 amide bonds. The van der Waals surface area contributed by atoms with Crippen LogP contribution in [0.3, 0.4) is 0 Å². The van der Waals surface area contributed by atoms with Gasteiger partial charge in [-0.05, 0) is 12.8 Å². The van der Waals surface area contributed by atoms with Crippen LogP contribution in [-0.2, 0) is 10.0 Å². The lowest BCUT2D eigenvalue weighted by Gasteiger charge is -2.00. The van der Waals surface area contributed by atoms with Crippen molar-refractivity contribution in [3.05, 3.63) is 12.2 Å². The van der Waals surface area contributed by atoms with Crippen molar-refractivity contribution in [2.24, 2.45) is 0 Å². The Morgan fingerprint density at radius 2 is 2.08 bits per heavy atom. The summed E-state index contributed by atoms with van der Waals surface area (Å²) in [4.78, 5) is 0. The van der Waals surface area contributed by atoms with Crippen molar-refractivity contribution in [2.75, 3.05) is 12.4 Å². The van der Waals surface area contributed by atoms with Gasteiger partial charge in [0.05, 0.1) is 5.25 Å². The molecule has 1 aliphatic rings. The highest BCUT2D eigenvalue weighted by Crippen LogP contribution is 2.27. The number of hydrogen-bond donors (Lipinski definition) is 1. The zero-order valence-corrected chi connectivity index (χ0v) is 8.24. The Morgan fingerprint density at radius 3 is 2.58 bits per heavy atom. The van der Waals surface area contributed by atoms with E-state index in [4.69, 9.17) is 11.6 Å². The molecule has 12 heavy (non-hydrogen) atoms. The van der Waals surface area contributed by atoms with Crippen LogP contribution >= 0.6 is 11.6 Å². The standard InChI is InChI=1S/C7H12ClNO2S/c8-5-1-2-6-9-12(10,11)7-3-4-7/h1-2,7,9H,3-6H2/b2-1+. The number of alkyl halides is 1. The van der Waals surface area contributed by atoms with Gasteiger partial charge < -0.3 is 0 Å². The molecule has 0 saturated heterocycles. The van der Waals surface area contributed by atoms with Crippen molar-refractivity contribution >= 4 is 21.6 Å². The van der Waals surface area contributed by atoms with Crippen LogP contribution in [0.15, 0.2) is 12.2 Å². The first-order valence-electron chi connectivity index (χ1n) is 3.86. The summed E-state index contributed by atoms with van der Waals surface area (Å²) < 4.78 is 24.8. The molecular formula is C7H12ClNO2S. The van der Waals surface area contributed by atoms with Crippen LogP contribution < -0.4 is 4.72 Å². The fourth-order valence-electron chi connectivity index (χ4n) is 0.807. The Bertz CT molecular complexity index is 257. The van der Waals surface area contributed by atoms with E-state index in [1.807, 2.05) is 0 Å². The van der Waals surface area contributed by atoms with E-state index in [-0.39, 0.29) is 5.25 Å². The Labute approximate surface area is 77.8 Å². The van der Waals surface area contributed by atoms with E-state index in [0.29, 0.717) is 12.4 Å². The summed E-state index contributed by atoms with van der Waals surface area (Å²) in [6.45, 7) is 0.353. The first-order chi connectivity index (χ1) is 5.67. The molecule has 1 saturated carbocycles. The van der Waals surface area contributed by atoms with Crippen LogP contribution in [0, 0.1) is 0 Å². The summed E-state index contributed by atoms with van der Waals surface area (Å²) >= 11 is 5.36. The summed E-state index contributed by atoms with van der Waals surface area (Å²) in [6, 6.07) is 0. The second kappa shape index (κ2) is 4.25. The topological polar surface area (TPSA) is 46.2 Å². The van der Waals surface area contributed by atoms with E-state index in [9.17, 15) is 8.42 Å². The van der Waals surface area contributed by atoms with E-state index in [1.54, 1.807) is 12.2 Å². The Hall–Kier alpha value is -0.0600.